The van der Waals surface area contributed by atoms with Crippen molar-refractivity contribution in [1.82, 2.24) is 0 Å². The van der Waals surface area contributed by atoms with Crippen LogP contribution >= 0.6 is 15.9 Å². The molecular weight excluding hydrogens is 342 g/mol. The number of sulfonamides is 1. The maximum Gasteiger partial charge on any atom is 0.270 e. The number of benzene rings is 2. The van der Waals surface area contributed by atoms with Gasteiger partial charge in [-0.15, -0.1) is 0 Å². The lowest BCUT2D eigenvalue weighted by Gasteiger charge is -2.21. The van der Waals surface area contributed by atoms with Crippen molar-refractivity contribution in [2.45, 2.75) is 4.90 Å². The Morgan fingerprint density at radius 3 is 1.95 bits per heavy atom. The Labute approximate surface area is 126 Å². The van der Waals surface area contributed by atoms with Gasteiger partial charge in [-0.2, -0.15) is 0 Å². The molecule has 2 aromatic rings. The van der Waals surface area contributed by atoms with Crippen LogP contribution in [0.25, 0.3) is 0 Å². The maximum absolute atomic E-state index is 12.6. The van der Waals surface area contributed by atoms with Gasteiger partial charge in [-0.25, -0.2) is 12.7 Å². The Morgan fingerprint density at radius 1 is 0.950 bits per heavy atom. The van der Waals surface area contributed by atoms with Gasteiger partial charge in [0, 0.05) is 0 Å². The molecule has 0 radical (unpaired) electrons. The molecule has 1 amide bonds. The molecule has 2 rings (SSSR count). The molecule has 2 aromatic carbocycles. The van der Waals surface area contributed by atoms with Crippen LogP contribution in [0.2, 0.25) is 0 Å². The number of amides is 1. The third-order valence-electron chi connectivity index (χ3n) is 2.61. The highest BCUT2D eigenvalue weighted by molar-refractivity contribution is 9.09. The molecular formula is C14H12BrNO3S. The van der Waals surface area contributed by atoms with E-state index < -0.39 is 15.9 Å². The summed E-state index contributed by atoms with van der Waals surface area (Å²) in [7, 11) is -3.91. The van der Waals surface area contributed by atoms with Crippen LogP contribution in [0.1, 0.15) is 0 Å². The quantitative estimate of drug-likeness (QED) is 0.794. The van der Waals surface area contributed by atoms with Gasteiger partial charge in [-0.05, 0) is 24.3 Å². The second-order valence-electron chi connectivity index (χ2n) is 3.95. The van der Waals surface area contributed by atoms with E-state index in [2.05, 4.69) is 15.9 Å². The van der Waals surface area contributed by atoms with Crippen molar-refractivity contribution in [1.29, 1.82) is 0 Å². The lowest BCUT2D eigenvalue weighted by atomic mass is 10.3. The number of hydrogen-bond donors (Lipinski definition) is 0. The molecule has 0 N–H and O–H groups in total. The molecule has 0 atom stereocenters. The molecule has 4 nitrogen and oxygen atoms in total. The zero-order valence-electron chi connectivity index (χ0n) is 10.4. The van der Waals surface area contributed by atoms with E-state index in [0.717, 1.165) is 4.31 Å². The van der Waals surface area contributed by atoms with E-state index in [-0.39, 0.29) is 10.2 Å². The average molecular weight is 354 g/mol. The lowest BCUT2D eigenvalue weighted by molar-refractivity contribution is -0.114. The first kappa shape index (κ1) is 14.7. The number of rotatable bonds is 4. The minimum Gasteiger partial charge on any atom is -0.272 e. The molecule has 0 heterocycles. The fourth-order valence-corrected chi connectivity index (χ4v) is 3.59. The molecule has 0 aromatic heterocycles. The van der Waals surface area contributed by atoms with Gasteiger partial charge in [0.1, 0.15) is 0 Å². The van der Waals surface area contributed by atoms with Crippen LogP contribution in [0.3, 0.4) is 0 Å². The molecule has 20 heavy (non-hydrogen) atoms. The standard InChI is InChI=1S/C14H12BrNO3S/c15-11-14(17)16(12-7-3-1-4-8-12)20(18,19)13-9-5-2-6-10-13/h1-10H,11H2. The van der Waals surface area contributed by atoms with Gasteiger partial charge in [0.2, 0.25) is 0 Å². The second-order valence-corrected chi connectivity index (χ2v) is 6.29. The number of alkyl halides is 1. The van der Waals surface area contributed by atoms with Crippen molar-refractivity contribution in [3.8, 4) is 0 Å². The van der Waals surface area contributed by atoms with Crippen LogP contribution in [-0.4, -0.2) is 19.7 Å². The van der Waals surface area contributed by atoms with Gasteiger partial charge >= 0.3 is 0 Å². The Hall–Kier alpha value is -1.66. The molecule has 0 saturated heterocycles. The molecule has 6 heteroatoms. The van der Waals surface area contributed by atoms with Crippen LogP contribution in [0.5, 0.6) is 0 Å². The highest BCUT2D eigenvalue weighted by Crippen LogP contribution is 2.23. The van der Waals surface area contributed by atoms with Crippen molar-refractivity contribution in [2.24, 2.45) is 0 Å². The smallest absolute Gasteiger partial charge is 0.270 e. The van der Waals surface area contributed by atoms with Gasteiger partial charge in [0.25, 0.3) is 15.9 Å². The fourth-order valence-electron chi connectivity index (χ4n) is 1.73. The van der Waals surface area contributed by atoms with E-state index in [1.807, 2.05) is 0 Å². The summed E-state index contributed by atoms with van der Waals surface area (Å²) in [5.41, 5.74) is 0.320. The van der Waals surface area contributed by atoms with E-state index >= 15 is 0 Å². The first-order valence-corrected chi connectivity index (χ1v) is 8.38. The summed E-state index contributed by atoms with van der Waals surface area (Å²) in [6.45, 7) is 0. The summed E-state index contributed by atoms with van der Waals surface area (Å²) in [5, 5.41) is -0.0754. The van der Waals surface area contributed by atoms with Crippen LogP contribution in [0.15, 0.2) is 65.6 Å². The normalized spacial score (nSPS) is 11.1. The summed E-state index contributed by atoms with van der Waals surface area (Å²) >= 11 is 3.02. The third kappa shape index (κ3) is 2.91. The summed E-state index contributed by atoms with van der Waals surface area (Å²) in [6.07, 6.45) is 0. The predicted octanol–water partition coefficient (Wildman–Crippen LogP) is 2.80. The van der Waals surface area contributed by atoms with E-state index in [1.54, 1.807) is 48.5 Å². The van der Waals surface area contributed by atoms with Crippen molar-refractivity contribution >= 4 is 37.5 Å². The Morgan fingerprint density at radius 2 is 1.45 bits per heavy atom. The molecule has 0 bridgehead atoms. The Balaban J connectivity index is 2.56. The molecule has 0 fully saturated rings. The van der Waals surface area contributed by atoms with Gasteiger partial charge < -0.3 is 0 Å². The summed E-state index contributed by atoms with van der Waals surface area (Å²) in [5.74, 6) is -0.542. The zero-order chi connectivity index (χ0) is 14.6. The lowest BCUT2D eigenvalue weighted by Crippen LogP contribution is -2.37. The van der Waals surface area contributed by atoms with E-state index in [1.165, 1.54) is 12.1 Å². The Kier molecular flexibility index (Phi) is 4.57. The number of halogens is 1. The molecule has 0 unspecified atom stereocenters. The monoisotopic (exact) mass is 353 g/mol. The molecule has 0 saturated carbocycles. The van der Waals surface area contributed by atoms with Gasteiger partial charge in [-0.1, -0.05) is 52.3 Å². The minimum absolute atomic E-state index is 0.0754. The second kappa shape index (κ2) is 6.19. The van der Waals surface area contributed by atoms with Gasteiger partial charge in [-0.3, -0.25) is 4.79 Å². The van der Waals surface area contributed by atoms with Crippen LogP contribution < -0.4 is 4.31 Å². The van der Waals surface area contributed by atoms with Crippen molar-refractivity contribution in [3.05, 3.63) is 60.7 Å². The largest absolute Gasteiger partial charge is 0.272 e. The number of anilines is 1. The number of nitrogens with zero attached hydrogens (tertiary/aromatic N) is 1. The summed E-state index contributed by atoms with van der Waals surface area (Å²) in [4.78, 5) is 12.1. The molecule has 0 aliphatic heterocycles. The number of para-hydroxylation sites is 1. The first-order valence-electron chi connectivity index (χ1n) is 5.81. The van der Waals surface area contributed by atoms with Crippen molar-refractivity contribution in [3.63, 3.8) is 0 Å². The fraction of sp³-hybridized carbons (Fsp3) is 0.0714. The van der Waals surface area contributed by atoms with Gasteiger partial charge in [0.15, 0.2) is 0 Å². The average Bonchev–Trinajstić information content (AvgIpc) is 2.49. The van der Waals surface area contributed by atoms with E-state index in [9.17, 15) is 13.2 Å². The molecule has 0 aliphatic carbocycles. The van der Waals surface area contributed by atoms with Crippen molar-refractivity contribution in [2.75, 3.05) is 9.64 Å². The topological polar surface area (TPSA) is 54.5 Å². The number of carbonyl (C=O) groups excluding carboxylic acids is 1. The highest BCUT2D eigenvalue weighted by atomic mass is 79.9. The Bertz CT molecular complexity index is 687. The molecule has 104 valence electrons. The van der Waals surface area contributed by atoms with Crippen LogP contribution in [-0.2, 0) is 14.8 Å². The first-order chi connectivity index (χ1) is 9.57. The summed E-state index contributed by atoms with van der Waals surface area (Å²) < 4.78 is 26.1. The third-order valence-corrected chi connectivity index (χ3v) is 4.86. The summed E-state index contributed by atoms with van der Waals surface area (Å²) in [6, 6.07) is 16.2. The molecule has 0 spiro atoms. The number of carbonyl (C=O) groups is 1. The molecule has 0 aliphatic rings. The van der Waals surface area contributed by atoms with Crippen LogP contribution in [0, 0.1) is 0 Å². The van der Waals surface area contributed by atoms with Gasteiger partial charge in [0.05, 0.1) is 15.9 Å². The predicted molar refractivity (Wildman–Crippen MR) is 81.3 cm³/mol. The van der Waals surface area contributed by atoms with E-state index in [0.29, 0.717) is 5.69 Å². The van der Waals surface area contributed by atoms with E-state index in [4.69, 9.17) is 0 Å². The minimum atomic E-state index is -3.91. The zero-order valence-corrected chi connectivity index (χ0v) is 12.8. The maximum atomic E-state index is 12.6. The highest BCUT2D eigenvalue weighted by Gasteiger charge is 2.29. The van der Waals surface area contributed by atoms with Crippen LogP contribution in [0.4, 0.5) is 5.69 Å². The number of hydrogen-bond acceptors (Lipinski definition) is 3. The van der Waals surface area contributed by atoms with Crippen molar-refractivity contribution < 1.29 is 13.2 Å². The SMILES string of the molecule is O=C(CBr)N(c1ccccc1)S(=O)(=O)c1ccccc1.